The Bertz CT molecular complexity index is 2680. The van der Waals surface area contributed by atoms with Crippen LogP contribution < -0.4 is 4.90 Å². The minimum absolute atomic E-state index is 0.511. The van der Waals surface area contributed by atoms with Crippen molar-refractivity contribution in [1.29, 1.82) is 0 Å². The van der Waals surface area contributed by atoms with E-state index in [-0.39, 0.29) is 0 Å². The Morgan fingerprint density at radius 2 is 0.943 bits per heavy atom. The lowest BCUT2D eigenvalue weighted by Crippen LogP contribution is -2.28. The molecule has 3 nitrogen and oxygen atoms in total. The second kappa shape index (κ2) is 12.7. The molecule has 250 valence electrons. The molecule has 1 aliphatic carbocycles. The molecule has 1 aromatic heterocycles. The number of hydrogen-bond donors (Lipinski definition) is 0. The standard InChI is InChI=1S/C50H34N2O/c1-5-16-35(17-6-1)37-20-15-25-40(32-37)52(42-29-31-48-47(34-42)51-49(53-48)36-18-7-2-8-19-36)41-28-30-44-43-26-13-14-27-45(43)50(46(44)33-41,38-21-9-3-10-22-38)39-23-11-4-12-24-39/h1-34H. The maximum atomic E-state index is 6.27. The maximum Gasteiger partial charge on any atom is 0.227 e. The van der Waals surface area contributed by atoms with E-state index in [2.05, 4.69) is 175 Å². The van der Waals surface area contributed by atoms with E-state index in [4.69, 9.17) is 9.40 Å². The first-order valence-corrected chi connectivity index (χ1v) is 18.0. The van der Waals surface area contributed by atoms with Gasteiger partial charge in [0.15, 0.2) is 5.58 Å². The van der Waals surface area contributed by atoms with Crippen molar-refractivity contribution in [3.8, 4) is 33.7 Å². The molecule has 0 saturated carbocycles. The Morgan fingerprint density at radius 1 is 0.396 bits per heavy atom. The van der Waals surface area contributed by atoms with Gasteiger partial charge in [-0.15, -0.1) is 0 Å². The smallest absolute Gasteiger partial charge is 0.227 e. The molecule has 0 amide bonds. The van der Waals surface area contributed by atoms with Crippen LogP contribution in [0.5, 0.6) is 0 Å². The van der Waals surface area contributed by atoms with E-state index in [9.17, 15) is 0 Å². The molecule has 10 rings (SSSR count). The molecule has 0 aliphatic heterocycles. The number of oxazole rings is 1. The minimum Gasteiger partial charge on any atom is -0.436 e. The summed E-state index contributed by atoms with van der Waals surface area (Å²) < 4.78 is 6.27. The van der Waals surface area contributed by atoms with E-state index in [1.165, 1.54) is 38.9 Å². The molecular formula is C50H34N2O. The lowest BCUT2D eigenvalue weighted by Gasteiger charge is -2.35. The number of fused-ring (bicyclic) bond motifs is 4. The van der Waals surface area contributed by atoms with Gasteiger partial charge in [-0.2, -0.15) is 0 Å². The molecule has 53 heavy (non-hydrogen) atoms. The molecule has 0 saturated heterocycles. The van der Waals surface area contributed by atoms with Gasteiger partial charge in [0, 0.05) is 22.6 Å². The first-order chi connectivity index (χ1) is 26.3. The van der Waals surface area contributed by atoms with Crippen LogP contribution in [0.15, 0.2) is 211 Å². The summed E-state index contributed by atoms with van der Waals surface area (Å²) in [5.41, 5.74) is 15.0. The summed E-state index contributed by atoms with van der Waals surface area (Å²) in [6.07, 6.45) is 0. The fourth-order valence-electron chi connectivity index (χ4n) is 8.23. The topological polar surface area (TPSA) is 29.3 Å². The predicted molar refractivity (Wildman–Crippen MR) is 217 cm³/mol. The molecule has 0 fully saturated rings. The summed E-state index contributed by atoms with van der Waals surface area (Å²) in [6, 6.07) is 73.6. The quantitative estimate of drug-likeness (QED) is 0.168. The van der Waals surface area contributed by atoms with Gasteiger partial charge in [0.25, 0.3) is 0 Å². The average molecular weight is 679 g/mol. The molecule has 0 unspecified atom stereocenters. The molecular weight excluding hydrogens is 645 g/mol. The maximum absolute atomic E-state index is 6.27. The summed E-state index contributed by atoms with van der Waals surface area (Å²) >= 11 is 0. The summed E-state index contributed by atoms with van der Waals surface area (Å²) in [5, 5.41) is 0. The molecule has 3 heteroatoms. The molecule has 0 N–H and O–H groups in total. The third-order valence-electron chi connectivity index (χ3n) is 10.6. The number of nitrogens with zero attached hydrogens (tertiary/aromatic N) is 2. The number of hydrogen-bond acceptors (Lipinski definition) is 3. The van der Waals surface area contributed by atoms with Gasteiger partial charge in [-0.3, -0.25) is 0 Å². The highest BCUT2D eigenvalue weighted by molar-refractivity contribution is 5.91. The second-order valence-electron chi connectivity index (χ2n) is 13.5. The van der Waals surface area contributed by atoms with Gasteiger partial charge in [0.2, 0.25) is 5.89 Å². The molecule has 9 aromatic rings. The summed E-state index contributed by atoms with van der Waals surface area (Å²) in [6.45, 7) is 0. The van der Waals surface area contributed by atoms with Crippen LogP contribution in [-0.4, -0.2) is 4.98 Å². The fraction of sp³-hybridized carbons (Fsp3) is 0.0200. The van der Waals surface area contributed by atoms with Crippen LogP contribution in [-0.2, 0) is 5.41 Å². The highest BCUT2D eigenvalue weighted by atomic mass is 16.3. The van der Waals surface area contributed by atoms with Crippen LogP contribution >= 0.6 is 0 Å². The van der Waals surface area contributed by atoms with E-state index in [0.29, 0.717) is 5.89 Å². The van der Waals surface area contributed by atoms with E-state index >= 15 is 0 Å². The third-order valence-corrected chi connectivity index (χ3v) is 10.6. The van der Waals surface area contributed by atoms with Crippen LogP contribution in [0.1, 0.15) is 22.3 Å². The normalized spacial score (nSPS) is 12.7. The highest BCUT2D eigenvalue weighted by Gasteiger charge is 2.46. The van der Waals surface area contributed by atoms with Crippen molar-refractivity contribution >= 4 is 28.2 Å². The molecule has 8 aromatic carbocycles. The Kier molecular flexibility index (Phi) is 7.36. The van der Waals surface area contributed by atoms with Crippen LogP contribution in [0.2, 0.25) is 0 Å². The lowest BCUT2D eigenvalue weighted by molar-refractivity contribution is 0.620. The monoisotopic (exact) mass is 678 g/mol. The van der Waals surface area contributed by atoms with Crippen molar-refractivity contribution in [3.05, 3.63) is 229 Å². The van der Waals surface area contributed by atoms with Gasteiger partial charge in [-0.25, -0.2) is 4.98 Å². The van der Waals surface area contributed by atoms with Gasteiger partial charge in [0.1, 0.15) is 5.52 Å². The second-order valence-corrected chi connectivity index (χ2v) is 13.5. The summed E-state index contributed by atoms with van der Waals surface area (Å²) in [7, 11) is 0. The molecule has 0 atom stereocenters. The molecule has 0 radical (unpaired) electrons. The van der Waals surface area contributed by atoms with E-state index in [1.54, 1.807) is 0 Å². The Labute approximate surface area is 309 Å². The van der Waals surface area contributed by atoms with Gasteiger partial charge in [-0.05, 0) is 99.1 Å². The number of anilines is 3. The SMILES string of the molecule is c1ccc(-c2cccc(N(c3ccc4c(c3)C(c3ccccc3)(c3ccccc3)c3ccccc3-4)c3ccc4oc(-c5ccccc5)nc4c3)c2)cc1. The van der Waals surface area contributed by atoms with E-state index < -0.39 is 5.41 Å². The van der Waals surface area contributed by atoms with Crippen molar-refractivity contribution in [1.82, 2.24) is 4.98 Å². The molecule has 1 heterocycles. The van der Waals surface area contributed by atoms with Gasteiger partial charge >= 0.3 is 0 Å². The fourth-order valence-corrected chi connectivity index (χ4v) is 8.23. The number of benzene rings is 8. The largest absolute Gasteiger partial charge is 0.436 e. The molecule has 0 bridgehead atoms. The first-order valence-electron chi connectivity index (χ1n) is 18.0. The minimum atomic E-state index is -0.511. The number of rotatable bonds is 7. The Balaban J connectivity index is 1.22. The van der Waals surface area contributed by atoms with Crippen LogP contribution in [0, 0.1) is 0 Å². The average Bonchev–Trinajstić information content (AvgIpc) is 3.80. The van der Waals surface area contributed by atoms with Crippen molar-refractivity contribution < 1.29 is 4.42 Å². The zero-order valence-electron chi connectivity index (χ0n) is 28.9. The Morgan fingerprint density at radius 3 is 1.66 bits per heavy atom. The van der Waals surface area contributed by atoms with Crippen LogP contribution in [0.25, 0.3) is 44.8 Å². The van der Waals surface area contributed by atoms with Gasteiger partial charge in [-0.1, -0.05) is 152 Å². The zero-order valence-corrected chi connectivity index (χ0v) is 28.9. The highest BCUT2D eigenvalue weighted by Crippen LogP contribution is 2.57. The van der Waals surface area contributed by atoms with Crippen molar-refractivity contribution in [2.75, 3.05) is 4.90 Å². The van der Waals surface area contributed by atoms with Crippen molar-refractivity contribution in [2.45, 2.75) is 5.41 Å². The van der Waals surface area contributed by atoms with Gasteiger partial charge in [0.05, 0.1) is 5.41 Å². The van der Waals surface area contributed by atoms with E-state index in [1.807, 2.05) is 36.4 Å². The van der Waals surface area contributed by atoms with Crippen LogP contribution in [0.4, 0.5) is 17.1 Å². The van der Waals surface area contributed by atoms with Crippen LogP contribution in [0.3, 0.4) is 0 Å². The lowest BCUT2D eigenvalue weighted by atomic mass is 9.67. The zero-order chi connectivity index (χ0) is 35.2. The molecule has 1 aliphatic rings. The Hall–Kier alpha value is -6.97. The summed E-state index contributed by atoms with van der Waals surface area (Å²) in [4.78, 5) is 7.33. The van der Waals surface area contributed by atoms with Crippen molar-refractivity contribution in [2.24, 2.45) is 0 Å². The predicted octanol–water partition coefficient (Wildman–Crippen LogP) is 13.0. The number of aromatic nitrogens is 1. The van der Waals surface area contributed by atoms with E-state index in [0.717, 1.165) is 39.3 Å². The first kappa shape index (κ1) is 30.8. The van der Waals surface area contributed by atoms with Crippen molar-refractivity contribution in [3.63, 3.8) is 0 Å². The van der Waals surface area contributed by atoms with Gasteiger partial charge < -0.3 is 9.32 Å². The summed E-state index contributed by atoms with van der Waals surface area (Å²) in [5.74, 6) is 0.612. The third kappa shape index (κ3) is 5.09. The molecule has 0 spiro atoms.